The minimum absolute atomic E-state index is 0.0605. The first-order valence-corrected chi connectivity index (χ1v) is 8.57. The molecule has 0 saturated carbocycles. The highest BCUT2D eigenvalue weighted by molar-refractivity contribution is 7.90. The Labute approximate surface area is 142 Å². The highest BCUT2D eigenvalue weighted by Crippen LogP contribution is 2.20. The van der Waals surface area contributed by atoms with E-state index in [-0.39, 0.29) is 22.0 Å². The van der Waals surface area contributed by atoms with E-state index in [4.69, 9.17) is 4.52 Å². The Morgan fingerprint density at radius 1 is 1.24 bits per heavy atom. The van der Waals surface area contributed by atoms with Gasteiger partial charge in [0.2, 0.25) is 0 Å². The van der Waals surface area contributed by atoms with Crippen LogP contribution in [0.15, 0.2) is 39.8 Å². The van der Waals surface area contributed by atoms with Crippen LogP contribution in [0.3, 0.4) is 0 Å². The number of H-pyrrole nitrogens is 1. The summed E-state index contributed by atoms with van der Waals surface area (Å²) >= 11 is 0. The monoisotopic (exact) mass is 364 g/mol. The van der Waals surface area contributed by atoms with Crippen molar-refractivity contribution >= 4 is 15.9 Å². The van der Waals surface area contributed by atoms with Crippen LogP contribution in [-0.4, -0.2) is 29.7 Å². The van der Waals surface area contributed by atoms with Gasteiger partial charge in [0.05, 0.1) is 5.69 Å². The molecule has 3 rings (SSSR count). The fourth-order valence-corrected chi connectivity index (χ4v) is 3.59. The number of hydrogen-bond acceptors (Lipinski definition) is 6. The Hall–Kier alpha value is -3.01. The third-order valence-electron chi connectivity index (χ3n) is 3.43. The zero-order valence-electron chi connectivity index (χ0n) is 13.2. The predicted octanol–water partition coefficient (Wildman–Crippen LogP) is 1.94. The molecule has 2 aromatic heterocycles. The van der Waals surface area contributed by atoms with Crippen molar-refractivity contribution in [1.82, 2.24) is 20.1 Å². The summed E-state index contributed by atoms with van der Waals surface area (Å²) in [6.45, 7) is 2.89. The van der Waals surface area contributed by atoms with Gasteiger partial charge in [-0.15, -0.1) is 0 Å². The number of hydrogen-bond donors (Lipinski definition) is 2. The summed E-state index contributed by atoms with van der Waals surface area (Å²) in [6, 6.07) is 6.87. The van der Waals surface area contributed by atoms with E-state index in [2.05, 4.69) is 15.4 Å². The summed E-state index contributed by atoms with van der Waals surface area (Å²) in [4.78, 5) is 12.0. The van der Waals surface area contributed by atoms with E-state index in [9.17, 15) is 17.6 Å². The zero-order valence-corrected chi connectivity index (χ0v) is 14.0. The number of carbonyl (C=O) groups is 1. The molecule has 2 N–H and O–H groups in total. The lowest BCUT2D eigenvalue weighted by molar-refractivity contribution is 0.0976. The molecule has 0 aliphatic carbocycles. The number of aromatic nitrogens is 3. The van der Waals surface area contributed by atoms with Gasteiger partial charge in [-0.1, -0.05) is 5.16 Å². The molecular formula is C15H13FN4O4S. The van der Waals surface area contributed by atoms with Crippen LogP contribution in [0.5, 0.6) is 0 Å². The quantitative estimate of drug-likeness (QED) is 0.730. The molecule has 8 nitrogen and oxygen atoms in total. The van der Waals surface area contributed by atoms with E-state index in [1.807, 2.05) is 4.72 Å². The number of sulfonamides is 1. The average molecular weight is 364 g/mol. The molecule has 0 atom stereocenters. The molecule has 0 saturated heterocycles. The number of aromatic amines is 1. The summed E-state index contributed by atoms with van der Waals surface area (Å²) in [7, 11) is -4.14. The van der Waals surface area contributed by atoms with E-state index in [1.54, 1.807) is 0 Å². The lowest BCUT2D eigenvalue weighted by atomic mass is 10.1. The topological polar surface area (TPSA) is 118 Å². The number of rotatable bonds is 4. The molecule has 1 aromatic carbocycles. The van der Waals surface area contributed by atoms with E-state index in [1.165, 1.54) is 44.2 Å². The molecule has 10 heteroatoms. The lowest BCUT2D eigenvalue weighted by Crippen LogP contribution is -2.31. The highest BCUT2D eigenvalue weighted by atomic mass is 32.2. The van der Waals surface area contributed by atoms with Gasteiger partial charge in [-0.05, 0) is 44.2 Å². The molecule has 3 aromatic rings. The van der Waals surface area contributed by atoms with E-state index < -0.39 is 21.7 Å². The Bertz CT molecular complexity index is 1020. The molecule has 1 amide bonds. The molecule has 130 valence electrons. The summed E-state index contributed by atoms with van der Waals surface area (Å²) in [5, 5.41) is 9.94. The molecule has 0 unspecified atom stereocenters. The number of nitrogens with one attached hydrogen (secondary N) is 2. The summed E-state index contributed by atoms with van der Waals surface area (Å²) in [5.41, 5.74) is 1.04. The maximum Gasteiger partial charge on any atom is 0.283 e. The fourth-order valence-electron chi connectivity index (χ4n) is 2.29. The summed E-state index contributed by atoms with van der Waals surface area (Å²) in [6.07, 6.45) is 0. The van der Waals surface area contributed by atoms with Gasteiger partial charge < -0.3 is 4.52 Å². The van der Waals surface area contributed by atoms with E-state index in [0.717, 1.165) is 0 Å². The van der Waals surface area contributed by atoms with Gasteiger partial charge in [-0.3, -0.25) is 9.89 Å². The molecule has 0 spiro atoms. The number of nitrogens with zero attached hydrogens (tertiary/aromatic N) is 2. The van der Waals surface area contributed by atoms with Crippen LogP contribution < -0.4 is 4.72 Å². The van der Waals surface area contributed by atoms with Crippen molar-refractivity contribution in [1.29, 1.82) is 0 Å². The third kappa shape index (κ3) is 3.29. The maximum absolute atomic E-state index is 12.9. The Kier molecular flexibility index (Phi) is 4.13. The Morgan fingerprint density at radius 2 is 1.92 bits per heavy atom. The van der Waals surface area contributed by atoms with Crippen molar-refractivity contribution in [3.05, 3.63) is 53.3 Å². The smallest absolute Gasteiger partial charge is 0.283 e. The van der Waals surface area contributed by atoms with Crippen molar-refractivity contribution in [3.8, 4) is 11.3 Å². The minimum Gasteiger partial charge on any atom is -0.360 e. The molecular weight excluding hydrogens is 351 g/mol. The number of halogens is 1. The van der Waals surface area contributed by atoms with Gasteiger partial charge in [0.15, 0.2) is 10.7 Å². The second-order valence-electron chi connectivity index (χ2n) is 5.26. The largest absolute Gasteiger partial charge is 0.360 e. The van der Waals surface area contributed by atoms with Gasteiger partial charge in [0, 0.05) is 5.56 Å². The average Bonchev–Trinajstić information content (AvgIpc) is 3.15. The standard InChI is InChI=1S/C15H13FN4O4S/c1-8-14(9(2)24-19-8)25(22,23)20-15(21)13-7-12(17-18-13)10-3-5-11(16)6-4-10/h3-7H,1-2H3,(H,17,18)(H,20,21). The molecule has 25 heavy (non-hydrogen) atoms. The van der Waals surface area contributed by atoms with Crippen molar-refractivity contribution < 1.29 is 22.1 Å². The Balaban J connectivity index is 1.84. The molecule has 2 heterocycles. The highest BCUT2D eigenvalue weighted by Gasteiger charge is 2.27. The summed E-state index contributed by atoms with van der Waals surface area (Å²) in [5.74, 6) is -1.21. The second kappa shape index (κ2) is 6.13. The van der Waals surface area contributed by atoms with Gasteiger partial charge in [-0.2, -0.15) is 5.10 Å². The summed E-state index contributed by atoms with van der Waals surface area (Å²) < 4.78 is 44.3. The van der Waals surface area contributed by atoms with Gasteiger partial charge >= 0.3 is 0 Å². The zero-order chi connectivity index (χ0) is 18.2. The number of amides is 1. The second-order valence-corrected chi connectivity index (χ2v) is 6.88. The number of benzene rings is 1. The van der Waals surface area contributed by atoms with Crippen LogP contribution in [0.2, 0.25) is 0 Å². The third-order valence-corrected chi connectivity index (χ3v) is 5.00. The molecule has 0 aliphatic heterocycles. The maximum atomic E-state index is 12.9. The molecule has 0 radical (unpaired) electrons. The van der Waals surface area contributed by atoms with Crippen LogP contribution >= 0.6 is 0 Å². The fraction of sp³-hybridized carbons (Fsp3) is 0.133. The van der Waals surface area contributed by atoms with Crippen molar-refractivity contribution in [3.63, 3.8) is 0 Å². The minimum atomic E-state index is -4.14. The van der Waals surface area contributed by atoms with Crippen molar-refractivity contribution in [2.24, 2.45) is 0 Å². The molecule has 0 fully saturated rings. The lowest BCUT2D eigenvalue weighted by Gasteiger charge is -2.04. The van der Waals surface area contributed by atoms with E-state index in [0.29, 0.717) is 11.3 Å². The van der Waals surface area contributed by atoms with Crippen LogP contribution in [0, 0.1) is 19.7 Å². The van der Waals surface area contributed by atoms with Gasteiger partial charge in [-0.25, -0.2) is 17.5 Å². The van der Waals surface area contributed by atoms with E-state index >= 15 is 0 Å². The first kappa shape index (κ1) is 16.8. The van der Waals surface area contributed by atoms with Gasteiger partial charge in [0.25, 0.3) is 15.9 Å². The normalized spacial score (nSPS) is 11.5. The van der Waals surface area contributed by atoms with Crippen LogP contribution in [-0.2, 0) is 10.0 Å². The molecule has 0 aliphatic rings. The first-order chi connectivity index (χ1) is 11.8. The van der Waals surface area contributed by atoms with Crippen molar-refractivity contribution in [2.45, 2.75) is 18.7 Å². The number of aryl methyl sites for hydroxylation is 2. The van der Waals surface area contributed by atoms with Crippen LogP contribution in [0.25, 0.3) is 11.3 Å². The van der Waals surface area contributed by atoms with Crippen LogP contribution in [0.1, 0.15) is 21.9 Å². The Morgan fingerprint density at radius 3 is 2.52 bits per heavy atom. The van der Waals surface area contributed by atoms with Crippen LogP contribution in [0.4, 0.5) is 4.39 Å². The van der Waals surface area contributed by atoms with Gasteiger partial charge in [0.1, 0.15) is 17.2 Å². The predicted molar refractivity (Wildman–Crippen MR) is 84.6 cm³/mol. The van der Waals surface area contributed by atoms with Crippen molar-refractivity contribution in [2.75, 3.05) is 0 Å². The molecule has 0 bridgehead atoms. The number of carbonyl (C=O) groups excluding carboxylic acids is 1. The first-order valence-electron chi connectivity index (χ1n) is 7.09. The SMILES string of the molecule is Cc1noc(C)c1S(=O)(=O)NC(=O)c1cc(-c2ccc(F)cc2)n[nH]1.